The Hall–Kier alpha value is -2.99. The molecule has 0 amide bonds. The fraction of sp³-hybridized carbons (Fsp3) is 0.318. The minimum absolute atomic E-state index is 0.724. The summed E-state index contributed by atoms with van der Waals surface area (Å²) in [5, 5.41) is 0. The summed E-state index contributed by atoms with van der Waals surface area (Å²) in [6.45, 7) is 4.61. The number of piperazine rings is 1. The lowest BCUT2D eigenvalue weighted by atomic mass is 10.2. The van der Waals surface area contributed by atoms with E-state index in [-0.39, 0.29) is 0 Å². The molecule has 146 valence electrons. The molecule has 0 spiro atoms. The number of oxazole rings is 1. The summed E-state index contributed by atoms with van der Waals surface area (Å²) < 4.78 is 16.5. The Morgan fingerprint density at radius 1 is 0.929 bits per heavy atom. The first kappa shape index (κ1) is 18.4. The van der Waals surface area contributed by atoms with E-state index in [1.54, 1.807) is 20.4 Å². The first-order valence-electron chi connectivity index (χ1n) is 9.45. The SMILES string of the molecule is COc1ccc(-c2cnc(CN3CCN(c4cccc(OC)c4)CC3)o2)cc1. The lowest BCUT2D eigenvalue weighted by Gasteiger charge is -2.35. The highest BCUT2D eigenvalue weighted by atomic mass is 16.5. The van der Waals surface area contributed by atoms with Crippen LogP contribution in [0.1, 0.15) is 5.89 Å². The molecule has 1 fully saturated rings. The van der Waals surface area contributed by atoms with Crippen LogP contribution in [0.15, 0.2) is 59.1 Å². The van der Waals surface area contributed by atoms with Crippen LogP contribution >= 0.6 is 0 Å². The first-order chi connectivity index (χ1) is 13.7. The van der Waals surface area contributed by atoms with E-state index in [2.05, 4.69) is 26.9 Å². The Bertz CT molecular complexity index is 899. The van der Waals surface area contributed by atoms with E-state index >= 15 is 0 Å². The average molecular weight is 379 g/mol. The zero-order valence-electron chi connectivity index (χ0n) is 16.3. The topological polar surface area (TPSA) is 51.0 Å². The molecule has 0 radical (unpaired) electrons. The van der Waals surface area contributed by atoms with Crippen LogP contribution in [-0.4, -0.2) is 50.3 Å². The van der Waals surface area contributed by atoms with Crippen LogP contribution in [0.3, 0.4) is 0 Å². The molecule has 0 aliphatic carbocycles. The smallest absolute Gasteiger partial charge is 0.209 e. The maximum absolute atomic E-state index is 5.96. The molecule has 6 nitrogen and oxygen atoms in total. The lowest BCUT2D eigenvalue weighted by Crippen LogP contribution is -2.46. The second-order valence-electron chi connectivity index (χ2n) is 6.81. The summed E-state index contributed by atoms with van der Waals surface area (Å²) >= 11 is 0. The van der Waals surface area contributed by atoms with Gasteiger partial charge in [0.05, 0.1) is 27.0 Å². The number of aromatic nitrogens is 1. The van der Waals surface area contributed by atoms with Crippen molar-refractivity contribution in [1.82, 2.24) is 9.88 Å². The van der Waals surface area contributed by atoms with Gasteiger partial charge >= 0.3 is 0 Å². The Balaban J connectivity index is 1.34. The van der Waals surface area contributed by atoms with Crippen molar-refractivity contribution in [3.63, 3.8) is 0 Å². The molecule has 6 heteroatoms. The van der Waals surface area contributed by atoms with Crippen molar-refractivity contribution in [3.8, 4) is 22.8 Å². The third kappa shape index (κ3) is 4.12. The minimum atomic E-state index is 0.724. The van der Waals surface area contributed by atoms with Crippen LogP contribution in [0.25, 0.3) is 11.3 Å². The van der Waals surface area contributed by atoms with Gasteiger partial charge in [-0.05, 0) is 36.4 Å². The summed E-state index contributed by atoms with van der Waals surface area (Å²) in [5.74, 6) is 3.26. The van der Waals surface area contributed by atoms with Crippen LogP contribution < -0.4 is 14.4 Å². The highest BCUT2D eigenvalue weighted by Gasteiger charge is 2.19. The second-order valence-corrected chi connectivity index (χ2v) is 6.81. The quantitative estimate of drug-likeness (QED) is 0.651. The van der Waals surface area contributed by atoms with Crippen LogP contribution in [0, 0.1) is 0 Å². The van der Waals surface area contributed by atoms with E-state index < -0.39 is 0 Å². The van der Waals surface area contributed by atoms with Crippen LogP contribution in [0.4, 0.5) is 5.69 Å². The van der Waals surface area contributed by atoms with Gasteiger partial charge in [0.15, 0.2) is 5.76 Å². The standard InChI is InChI=1S/C22H25N3O3/c1-26-19-8-6-17(7-9-19)21-15-23-22(28-21)16-24-10-12-25(13-11-24)18-4-3-5-20(14-18)27-2/h3-9,14-15H,10-13,16H2,1-2H3. The number of hydrogen-bond acceptors (Lipinski definition) is 6. The molecule has 0 bridgehead atoms. The predicted octanol–water partition coefficient (Wildman–Crippen LogP) is 3.68. The summed E-state index contributed by atoms with van der Waals surface area (Å²) in [6, 6.07) is 16.0. The highest BCUT2D eigenvalue weighted by molar-refractivity contribution is 5.57. The van der Waals surface area contributed by atoms with Gasteiger partial charge in [-0.25, -0.2) is 4.98 Å². The van der Waals surface area contributed by atoms with E-state index in [0.29, 0.717) is 0 Å². The van der Waals surface area contributed by atoms with Crippen LogP contribution in [0.5, 0.6) is 11.5 Å². The largest absolute Gasteiger partial charge is 0.497 e. The summed E-state index contributed by atoms with van der Waals surface area (Å²) in [5.41, 5.74) is 2.21. The van der Waals surface area contributed by atoms with Gasteiger partial charge in [0, 0.05) is 43.5 Å². The third-order valence-corrected chi connectivity index (χ3v) is 5.08. The lowest BCUT2D eigenvalue weighted by molar-refractivity contribution is 0.227. The van der Waals surface area contributed by atoms with Crippen molar-refractivity contribution in [2.75, 3.05) is 45.3 Å². The Morgan fingerprint density at radius 2 is 1.68 bits per heavy atom. The van der Waals surface area contributed by atoms with E-state index in [4.69, 9.17) is 13.9 Å². The van der Waals surface area contributed by atoms with Crippen molar-refractivity contribution < 1.29 is 13.9 Å². The molecular formula is C22H25N3O3. The van der Waals surface area contributed by atoms with E-state index in [0.717, 1.165) is 61.4 Å². The number of nitrogens with zero attached hydrogens (tertiary/aromatic N) is 3. The molecule has 2 aromatic carbocycles. The molecule has 3 aromatic rings. The third-order valence-electron chi connectivity index (χ3n) is 5.08. The van der Waals surface area contributed by atoms with Crippen molar-refractivity contribution >= 4 is 5.69 Å². The zero-order valence-corrected chi connectivity index (χ0v) is 16.3. The summed E-state index contributed by atoms with van der Waals surface area (Å²) in [4.78, 5) is 9.22. The van der Waals surface area contributed by atoms with Crippen molar-refractivity contribution in [2.45, 2.75) is 6.54 Å². The molecule has 2 heterocycles. The highest BCUT2D eigenvalue weighted by Crippen LogP contribution is 2.25. The van der Waals surface area contributed by atoms with Gasteiger partial charge in [-0.1, -0.05) is 6.07 Å². The van der Waals surface area contributed by atoms with E-state index in [9.17, 15) is 0 Å². The van der Waals surface area contributed by atoms with Crippen LogP contribution in [0.2, 0.25) is 0 Å². The number of anilines is 1. The first-order valence-corrected chi connectivity index (χ1v) is 9.45. The van der Waals surface area contributed by atoms with Gasteiger partial charge in [-0.2, -0.15) is 0 Å². The maximum Gasteiger partial charge on any atom is 0.209 e. The molecule has 1 saturated heterocycles. The normalized spacial score (nSPS) is 14.9. The van der Waals surface area contributed by atoms with Gasteiger partial charge in [0.2, 0.25) is 5.89 Å². The molecule has 4 rings (SSSR count). The van der Waals surface area contributed by atoms with Crippen LogP contribution in [-0.2, 0) is 6.54 Å². The van der Waals surface area contributed by atoms with Gasteiger partial charge in [-0.15, -0.1) is 0 Å². The molecule has 28 heavy (non-hydrogen) atoms. The van der Waals surface area contributed by atoms with E-state index in [1.165, 1.54) is 5.69 Å². The van der Waals surface area contributed by atoms with Crippen molar-refractivity contribution in [1.29, 1.82) is 0 Å². The molecule has 0 saturated carbocycles. The van der Waals surface area contributed by atoms with Gasteiger partial charge < -0.3 is 18.8 Å². The van der Waals surface area contributed by atoms with Gasteiger partial charge in [0.1, 0.15) is 11.5 Å². The summed E-state index contributed by atoms with van der Waals surface area (Å²) in [6.07, 6.45) is 1.80. The molecular weight excluding hydrogens is 354 g/mol. The van der Waals surface area contributed by atoms with Crippen molar-refractivity contribution in [3.05, 3.63) is 60.6 Å². The van der Waals surface area contributed by atoms with Gasteiger partial charge in [-0.3, -0.25) is 4.90 Å². The summed E-state index contributed by atoms with van der Waals surface area (Å²) in [7, 11) is 3.36. The Morgan fingerprint density at radius 3 is 2.39 bits per heavy atom. The number of benzene rings is 2. The molecule has 0 N–H and O–H groups in total. The average Bonchev–Trinajstić information content (AvgIpc) is 3.23. The van der Waals surface area contributed by atoms with Crippen molar-refractivity contribution in [2.24, 2.45) is 0 Å². The predicted molar refractivity (Wildman–Crippen MR) is 109 cm³/mol. The van der Waals surface area contributed by atoms with Gasteiger partial charge in [0.25, 0.3) is 0 Å². The fourth-order valence-electron chi connectivity index (χ4n) is 3.43. The Kier molecular flexibility index (Phi) is 5.48. The molecule has 0 unspecified atom stereocenters. The molecule has 1 aliphatic heterocycles. The number of methoxy groups -OCH3 is 2. The molecule has 1 aromatic heterocycles. The molecule has 0 atom stereocenters. The minimum Gasteiger partial charge on any atom is -0.497 e. The number of hydrogen-bond donors (Lipinski definition) is 0. The Labute approximate surface area is 165 Å². The maximum atomic E-state index is 5.96. The monoisotopic (exact) mass is 379 g/mol. The zero-order chi connectivity index (χ0) is 19.3. The number of rotatable bonds is 6. The van der Waals surface area contributed by atoms with E-state index in [1.807, 2.05) is 36.4 Å². The number of ether oxygens (including phenoxy) is 2. The fourth-order valence-corrected chi connectivity index (χ4v) is 3.43. The second kappa shape index (κ2) is 8.35. The molecule has 1 aliphatic rings.